The number of hydrogen-bond donors (Lipinski definition) is 1. The van der Waals surface area contributed by atoms with Crippen LogP contribution in [0.4, 0.5) is 5.82 Å². The molecule has 0 spiro atoms. The third-order valence-corrected chi connectivity index (χ3v) is 6.35. The van der Waals surface area contributed by atoms with Crippen molar-refractivity contribution in [3.63, 3.8) is 0 Å². The molecule has 0 bridgehead atoms. The average Bonchev–Trinajstić information content (AvgIpc) is 3.06. The predicted octanol–water partition coefficient (Wildman–Crippen LogP) is 0.271. The first-order valence-electron chi connectivity index (χ1n) is 8.67. The van der Waals surface area contributed by atoms with Gasteiger partial charge >= 0.3 is 0 Å². The third-order valence-electron chi connectivity index (χ3n) is 4.88. The highest BCUT2D eigenvalue weighted by Crippen LogP contribution is 2.37. The van der Waals surface area contributed by atoms with Gasteiger partial charge in [-0.15, -0.1) is 0 Å². The first kappa shape index (κ1) is 17.4. The lowest BCUT2D eigenvalue weighted by molar-refractivity contribution is 0.122. The van der Waals surface area contributed by atoms with E-state index in [-0.39, 0.29) is 16.9 Å². The zero-order valence-electron chi connectivity index (χ0n) is 14.6. The normalized spacial score (nSPS) is 23.7. The summed E-state index contributed by atoms with van der Waals surface area (Å²) in [5.74, 6) is 1.16. The van der Waals surface area contributed by atoms with Crippen LogP contribution in [-0.2, 0) is 21.8 Å². The summed E-state index contributed by atoms with van der Waals surface area (Å²) in [6.07, 6.45) is 5.92. The molecule has 2 aromatic heterocycles. The van der Waals surface area contributed by atoms with Crippen molar-refractivity contribution in [1.29, 1.82) is 0 Å². The fourth-order valence-corrected chi connectivity index (χ4v) is 4.58. The number of hydrogen-bond acceptors (Lipinski definition) is 7. The highest BCUT2D eigenvalue weighted by molar-refractivity contribution is 7.89. The average molecular weight is 378 g/mol. The van der Waals surface area contributed by atoms with Crippen molar-refractivity contribution in [3.8, 4) is 0 Å². The van der Waals surface area contributed by atoms with E-state index in [2.05, 4.69) is 24.7 Å². The van der Waals surface area contributed by atoms with E-state index in [0.29, 0.717) is 13.2 Å². The Morgan fingerprint density at radius 1 is 1.23 bits per heavy atom. The number of morpholine rings is 1. The van der Waals surface area contributed by atoms with Gasteiger partial charge in [0, 0.05) is 50.1 Å². The Balaban J connectivity index is 1.37. The molecule has 1 saturated heterocycles. The van der Waals surface area contributed by atoms with Crippen LogP contribution < -0.4 is 9.62 Å². The van der Waals surface area contributed by atoms with Crippen molar-refractivity contribution in [3.05, 3.63) is 30.5 Å². The molecule has 10 heteroatoms. The molecule has 0 atom stereocenters. The molecule has 0 amide bonds. The topological polar surface area (TPSA) is 102 Å². The van der Waals surface area contributed by atoms with Crippen LogP contribution in [-0.4, -0.2) is 60.5 Å². The summed E-state index contributed by atoms with van der Waals surface area (Å²) in [5.41, 5.74) is 0.971. The van der Waals surface area contributed by atoms with E-state index in [0.717, 1.165) is 37.4 Å². The SMILES string of the molecule is Cn1cc(S(=O)(=O)NC2CC(c3cc(N4CCOCC4)ncn3)C2)cn1. The Kier molecular flexibility index (Phi) is 4.63. The van der Waals surface area contributed by atoms with Gasteiger partial charge in [0.05, 0.1) is 19.4 Å². The molecule has 0 unspecified atom stereocenters. The third kappa shape index (κ3) is 3.57. The van der Waals surface area contributed by atoms with Crippen LogP contribution in [0.25, 0.3) is 0 Å². The summed E-state index contributed by atoms with van der Waals surface area (Å²) in [4.78, 5) is 11.1. The van der Waals surface area contributed by atoms with E-state index in [9.17, 15) is 8.42 Å². The molecule has 1 saturated carbocycles. The minimum absolute atomic E-state index is 0.0768. The molecular formula is C16H22N6O3S. The molecular weight excluding hydrogens is 356 g/mol. The molecule has 1 aliphatic heterocycles. The summed E-state index contributed by atoms with van der Waals surface area (Å²) in [5, 5.41) is 3.92. The van der Waals surface area contributed by atoms with Crippen LogP contribution in [0.1, 0.15) is 24.5 Å². The summed E-state index contributed by atoms with van der Waals surface area (Å²) < 4.78 is 34.3. The highest BCUT2D eigenvalue weighted by atomic mass is 32.2. The molecule has 140 valence electrons. The Hall–Kier alpha value is -2.04. The molecule has 3 heterocycles. The number of ether oxygens (including phenoxy) is 1. The van der Waals surface area contributed by atoms with Gasteiger partial charge in [-0.1, -0.05) is 0 Å². The standard InChI is InChI=1S/C16H22N6O3S/c1-21-10-14(9-19-21)26(23,24)20-13-6-12(7-13)15-8-16(18-11-17-15)22-2-4-25-5-3-22/h8-13,20H,2-7H2,1H3. The van der Waals surface area contributed by atoms with Crippen molar-refractivity contribution in [1.82, 2.24) is 24.5 Å². The lowest BCUT2D eigenvalue weighted by Gasteiger charge is -2.35. The van der Waals surface area contributed by atoms with Gasteiger partial charge in [0.15, 0.2) is 0 Å². The predicted molar refractivity (Wildman–Crippen MR) is 94.4 cm³/mol. The summed E-state index contributed by atoms with van der Waals surface area (Å²) in [6, 6.07) is 1.94. The fourth-order valence-electron chi connectivity index (χ4n) is 3.33. The quantitative estimate of drug-likeness (QED) is 0.797. The maximum absolute atomic E-state index is 12.3. The van der Waals surface area contributed by atoms with E-state index in [1.54, 1.807) is 13.4 Å². The van der Waals surface area contributed by atoms with Crippen molar-refractivity contribution >= 4 is 15.8 Å². The number of nitrogens with one attached hydrogen (secondary N) is 1. The van der Waals surface area contributed by atoms with Crippen molar-refractivity contribution in [2.45, 2.75) is 29.7 Å². The van der Waals surface area contributed by atoms with Gasteiger partial charge in [0.2, 0.25) is 10.0 Å². The van der Waals surface area contributed by atoms with Gasteiger partial charge in [0.1, 0.15) is 17.0 Å². The molecule has 1 N–H and O–H groups in total. The summed E-state index contributed by atoms with van der Waals surface area (Å²) in [7, 11) is -1.82. The lowest BCUT2D eigenvalue weighted by atomic mass is 9.78. The molecule has 2 fully saturated rings. The monoisotopic (exact) mass is 378 g/mol. The van der Waals surface area contributed by atoms with Crippen LogP contribution in [0.2, 0.25) is 0 Å². The van der Waals surface area contributed by atoms with Crippen LogP contribution in [0.3, 0.4) is 0 Å². The minimum Gasteiger partial charge on any atom is -0.378 e. The zero-order chi connectivity index (χ0) is 18.1. The van der Waals surface area contributed by atoms with Crippen LogP contribution in [0.5, 0.6) is 0 Å². The second kappa shape index (κ2) is 6.93. The number of anilines is 1. The first-order chi connectivity index (χ1) is 12.5. The fraction of sp³-hybridized carbons (Fsp3) is 0.562. The second-order valence-corrected chi connectivity index (χ2v) is 8.45. The molecule has 9 nitrogen and oxygen atoms in total. The molecule has 2 aromatic rings. The van der Waals surface area contributed by atoms with Gasteiger partial charge in [-0.25, -0.2) is 23.1 Å². The largest absolute Gasteiger partial charge is 0.378 e. The van der Waals surface area contributed by atoms with Gasteiger partial charge in [0.25, 0.3) is 0 Å². The van der Waals surface area contributed by atoms with E-state index in [1.807, 2.05) is 6.07 Å². The summed E-state index contributed by atoms with van der Waals surface area (Å²) in [6.45, 7) is 3.07. The van der Waals surface area contributed by atoms with E-state index >= 15 is 0 Å². The van der Waals surface area contributed by atoms with Crippen LogP contribution >= 0.6 is 0 Å². The Bertz CT molecular complexity index is 872. The maximum atomic E-state index is 12.3. The number of aromatic nitrogens is 4. The first-order valence-corrected chi connectivity index (χ1v) is 10.2. The van der Waals surface area contributed by atoms with Crippen LogP contribution in [0, 0.1) is 0 Å². The van der Waals surface area contributed by atoms with Crippen LogP contribution in [0.15, 0.2) is 29.7 Å². The molecule has 4 rings (SSSR count). The van der Waals surface area contributed by atoms with Crippen molar-refractivity contribution in [2.24, 2.45) is 7.05 Å². The summed E-state index contributed by atoms with van der Waals surface area (Å²) >= 11 is 0. The minimum atomic E-state index is -3.52. The Labute approximate surface area is 152 Å². The van der Waals surface area contributed by atoms with Crippen molar-refractivity contribution < 1.29 is 13.2 Å². The molecule has 0 aromatic carbocycles. The highest BCUT2D eigenvalue weighted by Gasteiger charge is 2.35. The van der Waals surface area contributed by atoms with E-state index in [1.165, 1.54) is 17.1 Å². The van der Waals surface area contributed by atoms with E-state index < -0.39 is 10.0 Å². The van der Waals surface area contributed by atoms with Gasteiger partial charge < -0.3 is 9.64 Å². The second-order valence-electron chi connectivity index (χ2n) is 6.74. The van der Waals surface area contributed by atoms with Gasteiger partial charge in [-0.2, -0.15) is 5.10 Å². The molecule has 0 radical (unpaired) electrons. The Morgan fingerprint density at radius 2 is 2.00 bits per heavy atom. The number of aryl methyl sites for hydroxylation is 1. The van der Waals surface area contributed by atoms with Crippen molar-refractivity contribution in [2.75, 3.05) is 31.2 Å². The number of sulfonamides is 1. The molecule has 2 aliphatic rings. The molecule has 1 aliphatic carbocycles. The lowest BCUT2D eigenvalue weighted by Crippen LogP contribution is -2.43. The van der Waals surface area contributed by atoms with E-state index in [4.69, 9.17) is 4.74 Å². The maximum Gasteiger partial charge on any atom is 0.243 e. The van der Waals surface area contributed by atoms with Gasteiger partial charge in [-0.3, -0.25) is 4.68 Å². The van der Waals surface area contributed by atoms with Gasteiger partial charge in [-0.05, 0) is 12.8 Å². The Morgan fingerprint density at radius 3 is 2.69 bits per heavy atom. The number of nitrogens with zero attached hydrogens (tertiary/aromatic N) is 5. The smallest absolute Gasteiger partial charge is 0.243 e. The molecule has 26 heavy (non-hydrogen) atoms. The zero-order valence-corrected chi connectivity index (χ0v) is 15.4. The number of rotatable bonds is 5.